The maximum Gasteiger partial charge on any atom is 0.417 e. The van der Waals surface area contributed by atoms with E-state index in [-0.39, 0.29) is 47.3 Å². The van der Waals surface area contributed by atoms with E-state index in [0.29, 0.717) is 0 Å². The van der Waals surface area contributed by atoms with Crippen molar-refractivity contribution in [2.45, 2.75) is 6.18 Å². The lowest BCUT2D eigenvalue weighted by Crippen LogP contribution is -2.42. The van der Waals surface area contributed by atoms with Crippen molar-refractivity contribution >= 4 is 22.1 Å². The largest absolute Gasteiger partial charge is 0.443 e. The molecule has 1 amide bonds. The van der Waals surface area contributed by atoms with Crippen LogP contribution in [0.1, 0.15) is 16.1 Å². The number of imidazole rings is 1. The molecule has 0 radical (unpaired) electrons. The molecule has 0 atom stereocenters. The van der Waals surface area contributed by atoms with E-state index in [4.69, 9.17) is 4.42 Å². The van der Waals surface area contributed by atoms with Gasteiger partial charge in [0, 0.05) is 19.3 Å². The zero-order chi connectivity index (χ0) is 20.1. The molecule has 1 aliphatic heterocycles. The average Bonchev–Trinajstić information content (AvgIpc) is 3.29. The molecule has 150 valence electrons. The van der Waals surface area contributed by atoms with Gasteiger partial charge in [0.15, 0.2) is 12.2 Å². The van der Waals surface area contributed by atoms with Crippen molar-refractivity contribution in [1.82, 2.24) is 19.3 Å². The summed E-state index contributed by atoms with van der Waals surface area (Å²) in [5, 5.41) is 0. The minimum absolute atomic E-state index is 0.0343. The van der Waals surface area contributed by atoms with E-state index in [9.17, 15) is 27.1 Å². The van der Waals surface area contributed by atoms with Gasteiger partial charge in [-0.3, -0.25) is 18.3 Å². The molecule has 12 heteroatoms. The predicted molar refractivity (Wildman–Crippen MR) is 94.2 cm³/mol. The topological polar surface area (TPSA) is 104 Å². The lowest BCUT2D eigenvalue weighted by Gasteiger charge is -2.40. The summed E-state index contributed by atoms with van der Waals surface area (Å²) in [5.41, 5.74) is -0.847. The van der Waals surface area contributed by atoms with E-state index in [1.165, 1.54) is 17.3 Å². The molecule has 4 heterocycles. The second kappa shape index (κ2) is 6.50. The maximum atomic E-state index is 13.4. The molecule has 0 aliphatic carbocycles. The Morgan fingerprint density at radius 2 is 1.93 bits per heavy atom. The average molecular weight is 416 g/mol. The van der Waals surface area contributed by atoms with Crippen molar-refractivity contribution < 1.29 is 31.5 Å². The van der Waals surface area contributed by atoms with Crippen LogP contribution in [0.25, 0.3) is 17.0 Å². The summed E-state index contributed by atoms with van der Waals surface area (Å²) < 4.78 is 65.7. The number of nitrogens with zero attached hydrogens (tertiary/aromatic N) is 4. The third kappa shape index (κ3) is 3.34. The monoisotopic (exact) mass is 416 g/mol. The molecule has 4 rings (SSSR count). The van der Waals surface area contributed by atoms with E-state index >= 15 is 0 Å². The highest BCUT2D eigenvalue weighted by atomic mass is 32.3. The Labute approximate surface area is 158 Å². The van der Waals surface area contributed by atoms with Gasteiger partial charge in [-0.05, 0) is 6.07 Å². The zero-order valence-corrected chi connectivity index (χ0v) is 15.1. The van der Waals surface area contributed by atoms with Gasteiger partial charge in [0.1, 0.15) is 11.3 Å². The molecule has 0 spiro atoms. The summed E-state index contributed by atoms with van der Waals surface area (Å²) in [6.45, 7) is 0.199. The van der Waals surface area contributed by atoms with Gasteiger partial charge in [0.25, 0.3) is 5.91 Å². The molecular weight excluding hydrogens is 401 g/mol. The van der Waals surface area contributed by atoms with Gasteiger partial charge >= 0.3 is 6.18 Å². The molecule has 1 fully saturated rings. The smallest absolute Gasteiger partial charge is 0.417 e. The van der Waals surface area contributed by atoms with Gasteiger partial charge in [-0.25, -0.2) is 9.97 Å². The molecular formula is C16H15F3N4O4S. The van der Waals surface area contributed by atoms with Gasteiger partial charge in [-0.15, -0.1) is 0 Å². The first kappa shape index (κ1) is 18.8. The second-order valence-corrected chi connectivity index (χ2v) is 8.77. The van der Waals surface area contributed by atoms with Crippen LogP contribution in [0.2, 0.25) is 0 Å². The van der Waals surface area contributed by atoms with Gasteiger partial charge in [0.2, 0.25) is 0 Å². The third-order valence-electron chi connectivity index (χ3n) is 4.51. The lowest BCUT2D eigenvalue weighted by atomic mass is 10.1. The first-order chi connectivity index (χ1) is 13.2. The quantitative estimate of drug-likeness (QED) is 0.665. The molecule has 1 saturated heterocycles. The van der Waals surface area contributed by atoms with E-state index in [2.05, 4.69) is 9.97 Å². The molecule has 0 aromatic carbocycles. The normalized spacial score (nSPS) is 18.4. The third-order valence-corrected chi connectivity index (χ3v) is 6.19. The van der Waals surface area contributed by atoms with Crippen molar-refractivity contribution in [3.05, 3.63) is 42.3 Å². The Kier molecular flexibility index (Phi) is 4.36. The summed E-state index contributed by atoms with van der Waals surface area (Å²) in [4.78, 5) is 22.0. The van der Waals surface area contributed by atoms with Gasteiger partial charge in [0.05, 0.1) is 35.0 Å². The first-order valence-electron chi connectivity index (χ1n) is 8.16. The van der Waals surface area contributed by atoms with E-state index in [1.807, 2.05) is 0 Å². The minimum atomic E-state index is -4.64. The number of halogens is 3. The van der Waals surface area contributed by atoms with Crippen LogP contribution in [0.4, 0.5) is 13.2 Å². The van der Waals surface area contributed by atoms with Crippen LogP contribution < -0.4 is 0 Å². The molecule has 0 unspecified atom stereocenters. The number of fused-ring (bicyclic) bond motifs is 1. The van der Waals surface area contributed by atoms with Crippen molar-refractivity contribution in [2.24, 2.45) is 0 Å². The number of amides is 1. The molecule has 0 saturated carbocycles. The number of hydrogen-bond donors (Lipinski definition) is 2. The summed E-state index contributed by atoms with van der Waals surface area (Å²) in [6, 6.07) is 0.896. The summed E-state index contributed by atoms with van der Waals surface area (Å²) in [5.74, 6) is -0.378. The molecule has 8 nitrogen and oxygen atoms in total. The standard InChI is InChI=1S/C16H15F3N4O4S/c17-16(18,19)10-5-11(13-7-20-9-27-13)14-21-6-12(23(14)8-10)15(24)22-1-3-28(25,26)4-2-22/h5-9,25-26H,1-4H2. The van der Waals surface area contributed by atoms with Crippen LogP contribution >= 0.6 is 10.6 Å². The Morgan fingerprint density at radius 3 is 2.54 bits per heavy atom. The molecule has 3 aromatic heterocycles. The molecule has 0 bridgehead atoms. The van der Waals surface area contributed by atoms with Crippen LogP contribution in [0.15, 0.2) is 35.5 Å². The van der Waals surface area contributed by atoms with Gasteiger partial charge < -0.3 is 9.32 Å². The Hall–Kier alpha value is -2.57. The van der Waals surface area contributed by atoms with Crippen LogP contribution in [0.3, 0.4) is 0 Å². The fourth-order valence-electron chi connectivity index (χ4n) is 3.02. The minimum Gasteiger partial charge on any atom is -0.443 e. The van der Waals surface area contributed by atoms with Crippen LogP contribution in [0, 0.1) is 0 Å². The lowest BCUT2D eigenvalue weighted by molar-refractivity contribution is -0.137. The van der Waals surface area contributed by atoms with E-state index in [1.54, 1.807) is 0 Å². The van der Waals surface area contributed by atoms with Crippen LogP contribution in [0.5, 0.6) is 0 Å². The number of alkyl halides is 3. The highest BCUT2D eigenvalue weighted by Gasteiger charge is 2.34. The summed E-state index contributed by atoms with van der Waals surface area (Å²) >= 11 is 0. The van der Waals surface area contributed by atoms with Crippen molar-refractivity contribution in [3.8, 4) is 11.3 Å². The number of hydrogen-bond acceptors (Lipinski definition) is 6. The summed E-state index contributed by atoms with van der Waals surface area (Å²) in [6.07, 6.45) is -0.277. The summed E-state index contributed by atoms with van der Waals surface area (Å²) in [7, 11) is -2.71. The number of rotatable bonds is 2. The zero-order valence-electron chi connectivity index (χ0n) is 14.3. The second-order valence-electron chi connectivity index (χ2n) is 6.35. The number of carbonyl (C=O) groups excluding carboxylic acids is 1. The van der Waals surface area contributed by atoms with Gasteiger partial charge in [-0.2, -0.15) is 23.8 Å². The highest BCUT2D eigenvalue weighted by Crippen LogP contribution is 2.40. The number of carbonyl (C=O) groups is 1. The molecule has 28 heavy (non-hydrogen) atoms. The molecule has 1 aliphatic rings. The Balaban J connectivity index is 1.80. The van der Waals surface area contributed by atoms with Crippen LogP contribution in [-0.4, -0.2) is 58.9 Å². The maximum absolute atomic E-state index is 13.4. The Bertz CT molecular complexity index is 1020. The van der Waals surface area contributed by atoms with Crippen LogP contribution in [-0.2, 0) is 6.18 Å². The SMILES string of the molecule is O=C(c1cnc2c(-c3cnco3)cc(C(F)(F)F)cn12)N1CCS(O)(O)CC1. The number of pyridine rings is 1. The predicted octanol–water partition coefficient (Wildman–Crippen LogP) is 3.21. The van der Waals surface area contributed by atoms with E-state index < -0.39 is 28.2 Å². The fraction of sp³-hybridized carbons (Fsp3) is 0.312. The van der Waals surface area contributed by atoms with Crippen molar-refractivity contribution in [2.75, 3.05) is 24.6 Å². The van der Waals surface area contributed by atoms with Crippen molar-refractivity contribution in [3.63, 3.8) is 0 Å². The number of aromatic nitrogens is 3. The van der Waals surface area contributed by atoms with Crippen molar-refractivity contribution in [1.29, 1.82) is 0 Å². The van der Waals surface area contributed by atoms with Gasteiger partial charge in [-0.1, -0.05) is 0 Å². The Morgan fingerprint density at radius 1 is 1.21 bits per heavy atom. The fourth-order valence-corrected chi connectivity index (χ4v) is 4.25. The molecule has 2 N–H and O–H groups in total. The number of oxazole rings is 1. The van der Waals surface area contributed by atoms with E-state index in [0.717, 1.165) is 23.1 Å². The highest BCUT2D eigenvalue weighted by molar-refractivity contribution is 8.24. The first-order valence-corrected chi connectivity index (χ1v) is 10.0. The molecule has 3 aromatic rings.